The lowest BCUT2D eigenvalue weighted by Gasteiger charge is -2.11. The van der Waals surface area contributed by atoms with Crippen molar-refractivity contribution in [3.63, 3.8) is 0 Å². The van der Waals surface area contributed by atoms with Crippen LogP contribution in [0.1, 0.15) is 23.7 Å². The zero-order valence-corrected chi connectivity index (χ0v) is 8.83. The van der Waals surface area contributed by atoms with Crippen molar-refractivity contribution >= 4 is 5.91 Å². The molecule has 4 heteroatoms. The van der Waals surface area contributed by atoms with Gasteiger partial charge in [-0.15, -0.1) is 6.42 Å². The third-order valence-corrected chi connectivity index (χ3v) is 2.11. The molecule has 0 saturated carbocycles. The standard InChI is InChI=1S/C12H12FNO2/c1-3-8(4-2)14-12(16)10-6-5-9(15)7-11(10)13/h1,5-8,15H,4H2,2H3,(H,14,16). The van der Waals surface area contributed by atoms with E-state index < -0.39 is 17.8 Å². The molecule has 0 aliphatic heterocycles. The summed E-state index contributed by atoms with van der Waals surface area (Å²) in [4.78, 5) is 11.6. The highest BCUT2D eigenvalue weighted by molar-refractivity contribution is 5.95. The van der Waals surface area contributed by atoms with Crippen molar-refractivity contribution in [2.45, 2.75) is 19.4 Å². The minimum Gasteiger partial charge on any atom is -0.508 e. The molecule has 1 rings (SSSR count). The Labute approximate surface area is 93.3 Å². The van der Waals surface area contributed by atoms with Crippen LogP contribution in [-0.4, -0.2) is 17.1 Å². The monoisotopic (exact) mass is 221 g/mol. The molecule has 0 radical (unpaired) electrons. The van der Waals surface area contributed by atoms with Crippen molar-refractivity contribution in [1.29, 1.82) is 0 Å². The van der Waals surface area contributed by atoms with E-state index in [0.717, 1.165) is 6.07 Å². The summed E-state index contributed by atoms with van der Waals surface area (Å²) in [5.74, 6) is 0.800. The number of halogens is 1. The van der Waals surface area contributed by atoms with Crippen LogP contribution in [0.2, 0.25) is 0 Å². The van der Waals surface area contributed by atoms with Gasteiger partial charge in [0.25, 0.3) is 5.91 Å². The number of carbonyl (C=O) groups excluding carboxylic acids is 1. The minimum absolute atomic E-state index is 0.133. The Kier molecular flexibility index (Phi) is 3.90. The Morgan fingerprint density at radius 2 is 2.38 bits per heavy atom. The Bertz CT molecular complexity index is 437. The number of benzene rings is 1. The van der Waals surface area contributed by atoms with Crippen molar-refractivity contribution < 1.29 is 14.3 Å². The molecule has 1 amide bonds. The van der Waals surface area contributed by atoms with Crippen LogP contribution in [0.3, 0.4) is 0 Å². The largest absolute Gasteiger partial charge is 0.508 e. The second-order valence-electron chi connectivity index (χ2n) is 3.27. The summed E-state index contributed by atoms with van der Waals surface area (Å²) in [7, 11) is 0. The SMILES string of the molecule is C#CC(CC)NC(=O)c1ccc(O)cc1F. The predicted molar refractivity (Wildman–Crippen MR) is 58.4 cm³/mol. The third-order valence-electron chi connectivity index (χ3n) is 2.11. The first-order chi connectivity index (χ1) is 7.58. The second-order valence-corrected chi connectivity index (χ2v) is 3.27. The minimum atomic E-state index is -0.774. The molecule has 1 atom stereocenters. The molecule has 0 aliphatic rings. The lowest BCUT2D eigenvalue weighted by atomic mass is 10.1. The number of nitrogens with one attached hydrogen (secondary N) is 1. The Hall–Kier alpha value is -2.02. The van der Waals surface area contributed by atoms with E-state index >= 15 is 0 Å². The van der Waals surface area contributed by atoms with Crippen molar-refractivity contribution in [2.75, 3.05) is 0 Å². The Balaban J connectivity index is 2.85. The van der Waals surface area contributed by atoms with Crippen molar-refractivity contribution in [2.24, 2.45) is 0 Å². The molecule has 3 nitrogen and oxygen atoms in total. The average molecular weight is 221 g/mol. The molecule has 0 aromatic heterocycles. The number of hydrogen-bond donors (Lipinski definition) is 2. The topological polar surface area (TPSA) is 49.3 Å². The van der Waals surface area contributed by atoms with Crippen LogP contribution in [0.25, 0.3) is 0 Å². The number of rotatable bonds is 3. The van der Waals surface area contributed by atoms with Gasteiger partial charge in [0.2, 0.25) is 0 Å². The van der Waals surface area contributed by atoms with Gasteiger partial charge in [-0.1, -0.05) is 12.8 Å². The molecule has 0 spiro atoms. The zero-order chi connectivity index (χ0) is 12.1. The molecule has 0 bridgehead atoms. The normalized spacial score (nSPS) is 11.6. The number of carbonyl (C=O) groups is 1. The fourth-order valence-corrected chi connectivity index (χ4v) is 1.19. The molecule has 0 fully saturated rings. The Morgan fingerprint density at radius 3 is 2.88 bits per heavy atom. The van der Waals surface area contributed by atoms with Gasteiger partial charge in [-0.3, -0.25) is 4.79 Å². The molecule has 2 N–H and O–H groups in total. The lowest BCUT2D eigenvalue weighted by molar-refractivity contribution is 0.0941. The van der Waals surface area contributed by atoms with Gasteiger partial charge in [0.15, 0.2) is 0 Å². The molecule has 1 aromatic carbocycles. The van der Waals surface area contributed by atoms with Gasteiger partial charge in [-0.25, -0.2) is 4.39 Å². The van der Waals surface area contributed by atoms with Gasteiger partial charge in [0.1, 0.15) is 11.6 Å². The number of phenolic OH excluding ortho intramolecular Hbond substituents is 1. The molecule has 0 saturated heterocycles. The van der Waals surface area contributed by atoms with E-state index in [1.165, 1.54) is 12.1 Å². The van der Waals surface area contributed by atoms with Gasteiger partial charge in [0, 0.05) is 6.07 Å². The van der Waals surface area contributed by atoms with E-state index in [2.05, 4.69) is 11.2 Å². The number of aromatic hydroxyl groups is 1. The molecule has 84 valence electrons. The smallest absolute Gasteiger partial charge is 0.255 e. The molecule has 1 aromatic rings. The van der Waals surface area contributed by atoms with Gasteiger partial charge < -0.3 is 10.4 Å². The summed E-state index contributed by atoms with van der Waals surface area (Å²) in [6.45, 7) is 1.82. The number of phenols is 1. The van der Waals surface area contributed by atoms with Crippen molar-refractivity contribution in [1.82, 2.24) is 5.32 Å². The quantitative estimate of drug-likeness (QED) is 0.763. The van der Waals surface area contributed by atoms with Crippen LogP contribution in [0.15, 0.2) is 18.2 Å². The highest BCUT2D eigenvalue weighted by Crippen LogP contribution is 2.15. The van der Waals surface area contributed by atoms with Crippen LogP contribution in [0.5, 0.6) is 5.75 Å². The van der Waals surface area contributed by atoms with Crippen LogP contribution in [-0.2, 0) is 0 Å². The molecule has 0 aliphatic carbocycles. The van der Waals surface area contributed by atoms with E-state index in [1.54, 1.807) is 0 Å². The summed E-state index contributed by atoms with van der Waals surface area (Å²) in [6.07, 6.45) is 5.74. The first-order valence-corrected chi connectivity index (χ1v) is 4.84. The number of hydrogen-bond acceptors (Lipinski definition) is 2. The fraction of sp³-hybridized carbons (Fsp3) is 0.250. The Morgan fingerprint density at radius 1 is 1.69 bits per heavy atom. The lowest BCUT2D eigenvalue weighted by Crippen LogP contribution is -2.33. The third kappa shape index (κ3) is 2.74. The fourth-order valence-electron chi connectivity index (χ4n) is 1.19. The van der Waals surface area contributed by atoms with Crippen LogP contribution >= 0.6 is 0 Å². The maximum absolute atomic E-state index is 13.3. The summed E-state index contributed by atoms with van der Waals surface area (Å²) in [5, 5.41) is 11.5. The maximum Gasteiger partial charge on any atom is 0.255 e. The molecule has 0 heterocycles. The molecule has 16 heavy (non-hydrogen) atoms. The summed E-state index contributed by atoms with van der Waals surface area (Å²) >= 11 is 0. The van der Waals surface area contributed by atoms with Gasteiger partial charge >= 0.3 is 0 Å². The first-order valence-electron chi connectivity index (χ1n) is 4.84. The summed E-state index contributed by atoms with van der Waals surface area (Å²) < 4.78 is 13.3. The van der Waals surface area contributed by atoms with Crippen LogP contribution in [0, 0.1) is 18.2 Å². The molecular formula is C12H12FNO2. The van der Waals surface area contributed by atoms with Gasteiger partial charge in [0.05, 0.1) is 11.6 Å². The van der Waals surface area contributed by atoms with E-state index in [0.29, 0.717) is 6.42 Å². The van der Waals surface area contributed by atoms with E-state index in [-0.39, 0.29) is 11.3 Å². The predicted octanol–water partition coefficient (Wildman–Crippen LogP) is 1.67. The van der Waals surface area contributed by atoms with Crippen molar-refractivity contribution in [3.05, 3.63) is 29.6 Å². The highest BCUT2D eigenvalue weighted by atomic mass is 19.1. The second kappa shape index (κ2) is 5.17. The average Bonchev–Trinajstić information content (AvgIpc) is 2.25. The van der Waals surface area contributed by atoms with Crippen molar-refractivity contribution in [3.8, 4) is 18.1 Å². The number of amides is 1. The summed E-state index contributed by atoms with van der Waals surface area (Å²) in [5.41, 5.74) is -0.133. The van der Waals surface area contributed by atoms with E-state index in [4.69, 9.17) is 11.5 Å². The first kappa shape index (κ1) is 12.1. The maximum atomic E-state index is 13.3. The summed E-state index contributed by atoms with van der Waals surface area (Å²) in [6, 6.07) is 2.92. The molecular weight excluding hydrogens is 209 g/mol. The zero-order valence-electron chi connectivity index (χ0n) is 8.83. The van der Waals surface area contributed by atoms with E-state index in [9.17, 15) is 9.18 Å². The van der Waals surface area contributed by atoms with Crippen LogP contribution < -0.4 is 5.32 Å². The highest BCUT2D eigenvalue weighted by Gasteiger charge is 2.14. The molecule has 1 unspecified atom stereocenters. The van der Waals surface area contributed by atoms with Gasteiger partial charge in [-0.05, 0) is 18.6 Å². The van der Waals surface area contributed by atoms with Gasteiger partial charge in [-0.2, -0.15) is 0 Å². The van der Waals surface area contributed by atoms with Crippen LogP contribution in [0.4, 0.5) is 4.39 Å². The number of terminal acetylenes is 1. The van der Waals surface area contributed by atoms with E-state index in [1.807, 2.05) is 6.92 Å².